The maximum Gasteiger partial charge on any atom is 0.335 e. The summed E-state index contributed by atoms with van der Waals surface area (Å²) >= 11 is 0. The molecule has 0 radical (unpaired) electrons. The van der Waals surface area contributed by atoms with Crippen molar-refractivity contribution in [3.8, 4) is 0 Å². The molecule has 0 aromatic carbocycles. The summed E-state index contributed by atoms with van der Waals surface area (Å²) in [6, 6.07) is 4.05. The van der Waals surface area contributed by atoms with Crippen LogP contribution in [-0.4, -0.2) is 0 Å². The fourth-order valence-corrected chi connectivity index (χ4v) is 1.45. The lowest BCUT2D eigenvalue weighted by molar-refractivity contribution is 0.427. The number of fused-ring (bicyclic) bond motifs is 1. The summed E-state index contributed by atoms with van der Waals surface area (Å²) in [6.07, 6.45) is 6.32. The van der Waals surface area contributed by atoms with Crippen molar-refractivity contribution in [1.82, 2.24) is 0 Å². The van der Waals surface area contributed by atoms with Gasteiger partial charge in [0.25, 0.3) is 0 Å². The average molecular weight is 160 g/mol. The van der Waals surface area contributed by atoms with E-state index in [9.17, 15) is 0 Å². The molecule has 2 nitrogen and oxygen atoms in total. The standard InChI is InChI=1S/C10H8O2/c1-2-4-8-7(3-1)5-6-9-10(11-8)12-9/h2,4-6H,1,3H2. The summed E-state index contributed by atoms with van der Waals surface area (Å²) in [5.74, 6) is 0.944. The zero-order valence-corrected chi connectivity index (χ0v) is 6.54. The van der Waals surface area contributed by atoms with Gasteiger partial charge in [-0.15, -0.1) is 0 Å². The minimum absolute atomic E-state index is 0.669. The normalized spacial score (nSPS) is 15.3. The lowest BCUT2D eigenvalue weighted by atomic mass is 10.0. The van der Waals surface area contributed by atoms with Crippen LogP contribution in [0, 0.1) is 11.0 Å². The van der Waals surface area contributed by atoms with Crippen molar-refractivity contribution in [3.05, 3.63) is 40.6 Å². The number of allylic oxidation sites excluding steroid dienone is 1. The fraction of sp³-hybridized carbons (Fsp3) is 0.200. The van der Waals surface area contributed by atoms with Crippen LogP contribution in [0.15, 0.2) is 27.0 Å². The van der Waals surface area contributed by atoms with E-state index in [0.29, 0.717) is 5.61 Å². The summed E-state index contributed by atoms with van der Waals surface area (Å²) in [6.45, 7) is 0. The molecule has 2 heteroatoms. The Bertz CT molecular complexity index is 487. The summed E-state index contributed by atoms with van der Waals surface area (Å²) in [5.41, 5.74) is 2.81. The van der Waals surface area contributed by atoms with E-state index in [-0.39, 0.29) is 0 Å². The first-order valence-corrected chi connectivity index (χ1v) is 4.11. The Balaban J connectivity index is 2.35. The van der Waals surface area contributed by atoms with Crippen molar-refractivity contribution in [3.63, 3.8) is 0 Å². The Morgan fingerprint density at radius 1 is 1.17 bits per heavy atom. The number of rotatable bonds is 0. The van der Waals surface area contributed by atoms with E-state index in [4.69, 9.17) is 8.83 Å². The van der Waals surface area contributed by atoms with E-state index in [1.54, 1.807) is 0 Å². The third-order valence-corrected chi connectivity index (χ3v) is 2.17. The maximum atomic E-state index is 5.48. The Morgan fingerprint density at radius 2 is 2.17 bits per heavy atom. The lowest BCUT2D eigenvalue weighted by Crippen LogP contribution is -1.89. The number of hydrogen-bond donors (Lipinski definition) is 0. The molecule has 0 aromatic heterocycles. The highest BCUT2D eigenvalue weighted by Gasteiger charge is 2.08. The van der Waals surface area contributed by atoms with Gasteiger partial charge in [-0.2, -0.15) is 0 Å². The molecule has 12 heavy (non-hydrogen) atoms. The molecule has 0 aromatic rings. The van der Waals surface area contributed by atoms with Crippen LogP contribution in [0.4, 0.5) is 0 Å². The highest BCUT2D eigenvalue weighted by atomic mass is 16.5. The lowest BCUT2D eigenvalue weighted by Gasteiger charge is -2.03. The minimum atomic E-state index is 0.669. The maximum absolute atomic E-state index is 5.48. The summed E-state index contributed by atoms with van der Waals surface area (Å²) < 4.78 is 10.5. The van der Waals surface area contributed by atoms with Gasteiger partial charge in [0, 0.05) is 0 Å². The fourth-order valence-electron chi connectivity index (χ4n) is 1.45. The molecule has 0 amide bonds. The van der Waals surface area contributed by atoms with Gasteiger partial charge >= 0.3 is 5.61 Å². The zero-order valence-electron chi connectivity index (χ0n) is 6.54. The second-order valence-corrected chi connectivity index (χ2v) is 3.02. The quantitative estimate of drug-likeness (QED) is 0.592. The predicted molar refractivity (Wildman–Crippen MR) is 43.6 cm³/mol. The first-order valence-electron chi connectivity index (χ1n) is 4.11. The van der Waals surface area contributed by atoms with Crippen LogP contribution < -0.4 is 0 Å². The smallest absolute Gasteiger partial charge is 0.335 e. The molecule has 3 rings (SSSR count). The van der Waals surface area contributed by atoms with Crippen molar-refractivity contribution in [2.75, 3.05) is 0 Å². The van der Waals surface area contributed by atoms with Gasteiger partial charge in [0.05, 0.1) is 0 Å². The van der Waals surface area contributed by atoms with E-state index in [0.717, 1.165) is 24.0 Å². The Morgan fingerprint density at radius 3 is 3.17 bits per heavy atom. The average Bonchev–Trinajstić information content (AvgIpc) is 2.80. The minimum Gasteiger partial charge on any atom is -0.423 e. The third-order valence-electron chi connectivity index (χ3n) is 2.17. The zero-order chi connectivity index (χ0) is 7.97. The van der Waals surface area contributed by atoms with Gasteiger partial charge < -0.3 is 8.83 Å². The SMILES string of the molecule is C1=Cc2oc3oc=3ccc2CC1. The van der Waals surface area contributed by atoms with Gasteiger partial charge in [-0.1, -0.05) is 12.1 Å². The summed E-state index contributed by atoms with van der Waals surface area (Å²) in [7, 11) is 0. The Kier molecular flexibility index (Phi) is 1.04. The van der Waals surface area contributed by atoms with Crippen LogP contribution >= 0.6 is 0 Å². The monoisotopic (exact) mass is 160 g/mol. The molecule has 60 valence electrons. The van der Waals surface area contributed by atoms with E-state index in [1.165, 1.54) is 5.56 Å². The van der Waals surface area contributed by atoms with Crippen molar-refractivity contribution in [1.29, 1.82) is 0 Å². The molecule has 0 fully saturated rings. The van der Waals surface area contributed by atoms with Crippen LogP contribution in [0.5, 0.6) is 0 Å². The molecule has 2 aliphatic heterocycles. The predicted octanol–water partition coefficient (Wildman–Crippen LogP) is 2.56. The van der Waals surface area contributed by atoms with Crippen LogP contribution in [0.3, 0.4) is 0 Å². The molecule has 0 bridgehead atoms. The molecule has 0 saturated carbocycles. The van der Waals surface area contributed by atoms with Crippen molar-refractivity contribution in [2.24, 2.45) is 0 Å². The number of aryl methyl sites for hydroxylation is 1. The van der Waals surface area contributed by atoms with Crippen LogP contribution in [-0.2, 0) is 6.42 Å². The van der Waals surface area contributed by atoms with Gasteiger partial charge in [0.1, 0.15) is 5.76 Å². The van der Waals surface area contributed by atoms with Crippen molar-refractivity contribution in [2.45, 2.75) is 12.8 Å². The van der Waals surface area contributed by atoms with E-state index < -0.39 is 0 Å². The van der Waals surface area contributed by atoms with Crippen LogP contribution in [0.25, 0.3) is 6.08 Å². The highest BCUT2D eigenvalue weighted by Crippen LogP contribution is 2.20. The molecule has 0 spiro atoms. The van der Waals surface area contributed by atoms with E-state index >= 15 is 0 Å². The molecule has 0 atom stereocenters. The molecule has 2 heterocycles. The highest BCUT2D eigenvalue weighted by molar-refractivity contribution is 5.49. The van der Waals surface area contributed by atoms with Gasteiger partial charge in [-0.3, -0.25) is 0 Å². The van der Waals surface area contributed by atoms with Crippen LogP contribution in [0.1, 0.15) is 17.7 Å². The molecule has 3 aliphatic rings. The molecule has 0 unspecified atom stereocenters. The van der Waals surface area contributed by atoms with E-state index in [2.05, 4.69) is 12.1 Å². The van der Waals surface area contributed by atoms with Crippen LogP contribution in [0.2, 0.25) is 0 Å². The molecule has 0 N–H and O–H groups in total. The molecular formula is C10H8O2. The molecule has 0 saturated heterocycles. The first-order chi connectivity index (χ1) is 5.93. The van der Waals surface area contributed by atoms with E-state index in [1.807, 2.05) is 12.1 Å². The van der Waals surface area contributed by atoms with Gasteiger partial charge in [-0.25, -0.2) is 0 Å². The third kappa shape index (κ3) is 0.811. The van der Waals surface area contributed by atoms with Gasteiger partial charge in [0.2, 0.25) is 5.42 Å². The largest absolute Gasteiger partial charge is 0.423 e. The molecular weight excluding hydrogens is 152 g/mol. The van der Waals surface area contributed by atoms with Crippen molar-refractivity contribution >= 4 is 6.08 Å². The molecule has 1 aliphatic carbocycles. The Hall–Kier alpha value is -1.44. The van der Waals surface area contributed by atoms with Gasteiger partial charge in [-0.05, 0) is 30.5 Å². The Labute approximate surface area is 69.1 Å². The first kappa shape index (κ1) is 6.12. The topological polar surface area (TPSA) is 26.3 Å². The second kappa shape index (κ2) is 2.03. The van der Waals surface area contributed by atoms with Gasteiger partial charge in [0.15, 0.2) is 0 Å². The number of hydrogen-bond acceptors (Lipinski definition) is 2. The van der Waals surface area contributed by atoms with Crippen molar-refractivity contribution < 1.29 is 8.83 Å². The summed E-state index contributed by atoms with van der Waals surface area (Å²) in [5, 5.41) is 0. The summed E-state index contributed by atoms with van der Waals surface area (Å²) in [4.78, 5) is 0. The second-order valence-electron chi connectivity index (χ2n) is 3.02.